The number of aromatic nitrogens is 2. The van der Waals surface area contributed by atoms with Crippen LogP contribution >= 0.6 is 11.8 Å². The topological polar surface area (TPSA) is 30.2 Å². The van der Waals surface area contributed by atoms with Crippen LogP contribution in [0.25, 0.3) is 27.7 Å². The van der Waals surface area contributed by atoms with E-state index in [1.54, 1.807) is 0 Å². The molecular weight excluding hydrogens is 473 g/mol. The molecule has 4 nitrogen and oxygen atoms in total. The van der Waals surface area contributed by atoms with E-state index >= 15 is 0 Å². The van der Waals surface area contributed by atoms with E-state index in [9.17, 15) is 4.79 Å². The molecule has 5 aromatic carbocycles. The number of rotatable bonds is 1. The maximum Gasteiger partial charge on any atom is 0.357 e. The summed E-state index contributed by atoms with van der Waals surface area (Å²) in [4.78, 5) is 19.2. The van der Waals surface area contributed by atoms with Gasteiger partial charge in [-0.3, -0.25) is 14.1 Å². The molecule has 1 aromatic heterocycles. The third-order valence-corrected chi connectivity index (χ3v) is 9.03. The second-order valence-corrected chi connectivity index (χ2v) is 10.8. The molecule has 172 valence electrons. The van der Waals surface area contributed by atoms with Crippen LogP contribution < -0.4 is 21.4 Å². The summed E-state index contributed by atoms with van der Waals surface area (Å²) in [6, 6.07) is 38.0. The normalized spacial score (nSPS) is 13.8. The van der Waals surface area contributed by atoms with Crippen LogP contribution in [0.15, 0.2) is 124 Å². The monoisotopic (exact) mass is 491 g/mol. The molecule has 0 spiro atoms. The Labute approximate surface area is 217 Å². The summed E-state index contributed by atoms with van der Waals surface area (Å²) in [7, 11) is 0. The molecule has 0 saturated carbocycles. The van der Waals surface area contributed by atoms with E-state index in [4.69, 9.17) is 0 Å². The Morgan fingerprint density at radius 3 is 2.30 bits per heavy atom. The zero-order chi connectivity index (χ0) is 24.2. The lowest BCUT2D eigenvalue weighted by molar-refractivity contribution is 0.830. The summed E-state index contributed by atoms with van der Waals surface area (Å²) in [6.07, 6.45) is 0. The molecule has 4 heterocycles. The predicted molar refractivity (Wildman–Crippen MR) is 152 cm³/mol. The quantitative estimate of drug-likeness (QED) is 0.277. The van der Waals surface area contributed by atoms with Crippen LogP contribution in [0.4, 0.5) is 17.1 Å². The van der Waals surface area contributed by atoms with Gasteiger partial charge in [-0.15, -0.1) is 0 Å². The van der Waals surface area contributed by atoms with Gasteiger partial charge < -0.3 is 4.90 Å². The summed E-state index contributed by atoms with van der Waals surface area (Å²) in [5.41, 5.74) is 10.0. The van der Waals surface area contributed by atoms with Gasteiger partial charge in [0.25, 0.3) is 5.56 Å². The lowest BCUT2D eigenvalue weighted by atomic mass is 9.48. The van der Waals surface area contributed by atoms with Crippen molar-refractivity contribution >= 4 is 57.5 Å². The fourth-order valence-corrected chi connectivity index (χ4v) is 7.61. The summed E-state index contributed by atoms with van der Waals surface area (Å²) in [6.45, 7) is -0.174. The minimum absolute atomic E-state index is 0.0523. The van der Waals surface area contributed by atoms with Gasteiger partial charge in [0.05, 0.1) is 28.0 Å². The van der Waals surface area contributed by atoms with Crippen LogP contribution in [0.2, 0.25) is 0 Å². The molecule has 0 radical (unpaired) electrons. The molecule has 37 heavy (non-hydrogen) atoms. The van der Waals surface area contributed by atoms with Gasteiger partial charge in [-0.1, -0.05) is 84.6 Å². The van der Waals surface area contributed by atoms with Crippen molar-refractivity contribution in [1.82, 2.24) is 9.27 Å². The van der Waals surface area contributed by atoms with Crippen molar-refractivity contribution in [2.45, 2.75) is 9.79 Å². The van der Waals surface area contributed by atoms with Gasteiger partial charge in [0.15, 0.2) is 0 Å². The van der Waals surface area contributed by atoms with E-state index in [2.05, 4.69) is 101 Å². The number of para-hydroxylation sites is 2. The molecule has 9 rings (SSSR count). The molecule has 0 bridgehead atoms. The lowest BCUT2D eigenvalue weighted by Gasteiger charge is -2.39. The third-order valence-electron chi connectivity index (χ3n) is 7.91. The van der Waals surface area contributed by atoms with E-state index in [0.717, 1.165) is 33.4 Å². The van der Waals surface area contributed by atoms with Gasteiger partial charge in [-0.25, -0.2) is 0 Å². The summed E-state index contributed by atoms with van der Waals surface area (Å²) in [5.74, 6) is 0. The number of anilines is 3. The van der Waals surface area contributed by atoms with Crippen LogP contribution in [0.3, 0.4) is 0 Å². The zero-order valence-corrected chi connectivity index (χ0v) is 20.4. The Morgan fingerprint density at radius 2 is 1.38 bits per heavy atom. The second-order valence-electron chi connectivity index (χ2n) is 9.74. The molecule has 3 aliphatic heterocycles. The molecule has 0 fully saturated rings. The van der Waals surface area contributed by atoms with Crippen LogP contribution in [-0.2, 0) is 0 Å². The maximum absolute atomic E-state index is 14.4. The third kappa shape index (κ3) is 2.34. The number of benzene rings is 5. The van der Waals surface area contributed by atoms with Crippen LogP contribution in [-0.4, -0.2) is 16.1 Å². The highest BCUT2D eigenvalue weighted by atomic mass is 32.2. The molecule has 0 aliphatic carbocycles. The fourth-order valence-electron chi connectivity index (χ4n) is 6.51. The highest BCUT2D eigenvalue weighted by Gasteiger charge is 2.47. The lowest BCUT2D eigenvalue weighted by Crippen LogP contribution is -2.55. The van der Waals surface area contributed by atoms with Crippen molar-refractivity contribution in [3.8, 4) is 16.8 Å². The number of nitrogens with zero attached hydrogens (tertiary/aromatic N) is 3. The first-order valence-electron chi connectivity index (χ1n) is 12.5. The first-order chi connectivity index (χ1) is 18.3. The highest BCUT2D eigenvalue weighted by molar-refractivity contribution is 7.99. The standard InChI is InChI=1S/C31H18BN3OS/c36-31-28-20(19-9-2-1-3-10-19)11-6-14-23(28)34-25-16-8-15-24-29(25)32(35(31)34)21-12-7-18-27-30(21)33(24)22-13-4-5-17-26(22)37-27/h1-18H. The van der Waals surface area contributed by atoms with Gasteiger partial charge in [0.2, 0.25) is 0 Å². The average Bonchev–Trinajstić information content (AvgIpc) is 3.45. The van der Waals surface area contributed by atoms with Crippen molar-refractivity contribution in [3.63, 3.8) is 0 Å². The molecule has 0 unspecified atom stereocenters. The summed E-state index contributed by atoms with van der Waals surface area (Å²) >= 11 is 1.81. The zero-order valence-electron chi connectivity index (χ0n) is 19.6. The van der Waals surface area contributed by atoms with E-state index < -0.39 is 0 Å². The van der Waals surface area contributed by atoms with Gasteiger partial charge in [-0.05, 0) is 53.0 Å². The maximum atomic E-state index is 14.4. The minimum atomic E-state index is -0.174. The average molecular weight is 491 g/mol. The first kappa shape index (κ1) is 19.7. The van der Waals surface area contributed by atoms with Gasteiger partial charge in [0, 0.05) is 20.9 Å². The second kappa shape index (κ2) is 6.87. The summed E-state index contributed by atoms with van der Waals surface area (Å²) in [5, 5.41) is 0.775. The Bertz CT molecular complexity index is 2010. The molecule has 3 aliphatic rings. The minimum Gasteiger partial charge on any atom is -0.309 e. The molecule has 0 amide bonds. The Hall–Kier alpha value is -4.42. The molecule has 6 heteroatoms. The Balaban J connectivity index is 1.42. The Kier molecular flexibility index (Phi) is 3.66. The predicted octanol–water partition coefficient (Wildman–Crippen LogP) is 5.67. The molecule has 0 saturated heterocycles. The largest absolute Gasteiger partial charge is 0.357 e. The Morgan fingerprint density at radius 1 is 0.649 bits per heavy atom. The van der Waals surface area contributed by atoms with Crippen LogP contribution in [0.1, 0.15) is 0 Å². The summed E-state index contributed by atoms with van der Waals surface area (Å²) < 4.78 is 4.15. The molecule has 0 N–H and O–H groups in total. The van der Waals surface area contributed by atoms with E-state index in [1.807, 2.05) is 34.6 Å². The molecule has 6 aromatic rings. The highest BCUT2D eigenvalue weighted by Crippen LogP contribution is 2.52. The van der Waals surface area contributed by atoms with Crippen molar-refractivity contribution < 1.29 is 0 Å². The number of hydrogen-bond donors (Lipinski definition) is 0. The fraction of sp³-hybridized carbons (Fsp3) is 0. The van der Waals surface area contributed by atoms with Crippen molar-refractivity contribution in [2.24, 2.45) is 0 Å². The van der Waals surface area contributed by atoms with E-state index in [-0.39, 0.29) is 12.4 Å². The van der Waals surface area contributed by atoms with Crippen molar-refractivity contribution in [3.05, 3.63) is 120 Å². The van der Waals surface area contributed by atoms with Gasteiger partial charge in [0.1, 0.15) is 0 Å². The molecular formula is C31H18BN3OS. The smallest absolute Gasteiger partial charge is 0.309 e. The van der Waals surface area contributed by atoms with E-state index in [1.165, 1.54) is 32.1 Å². The van der Waals surface area contributed by atoms with Crippen molar-refractivity contribution in [1.29, 1.82) is 0 Å². The van der Waals surface area contributed by atoms with Crippen LogP contribution in [0.5, 0.6) is 0 Å². The van der Waals surface area contributed by atoms with Crippen molar-refractivity contribution in [2.75, 3.05) is 4.90 Å². The molecule has 0 atom stereocenters. The van der Waals surface area contributed by atoms with Gasteiger partial charge in [-0.2, -0.15) is 0 Å². The first-order valence-corrected chi connectivity index (χ1v) is 13.3. The number of fused-ring (bicyclic) bond motifs is 9. The van der Waals surface area contributed by atoms with Gasteiger partial charge >= 0.3 is 6.85 Å². The number of hydrogen-bond acceptors (Lipinski definition) is 3. The SMILES string of the molecule is O=c1c2c(-c3ccccc3)cccc2n2n1B1c3cccc4c3N(c3ccccc3S4)c3cccc-2c31. The van der Waals surface area contributed by atoms with Crippen LogP contribution in [0, 0.1) is 0 Å². The van der Waals surface area contributed by atoms with E-state index in [0.29, 0.717) is 0 Å².